The SMILES string of the molecule is C#C[C@H]1CC[C@@H](C(=O)O)N1C(=O)C(F)(F)F. The van der Waals surface area contributed by atoms with Crippen LogP contribution in [0.2, 0.25) is 0 Å². The zero-order valence-corrected chi connectivity index (χ0v) is 7.99. The monoisotopic (exact) mass is 235 g/mol. The van der Waals surface area contributed by atoms with E-state index in [2.05, 4.69) is 0 Å². The predicted molar refractivity (Wildman–Crippen MR) is 46.2 cm³/mol. The van der Waals surface area contributed by atoms with Gasteiger partial charge in [-0.15, -0.1) is 6.42 Å². The Bertz CT molecular complexity index is 358. The van der Waals surface area contributed by atoms with Gasteiger partial charge in [0.1, 0.15) is 6.04 Å². The van der Waals surface area contributed by atoms with Gasteiger partial charge < -0.3 is 10.0 Å². The summed E-state index contributed by atoms with van der Waals surface area (Å²) >= 11 is 0. The van der Waals surface area contributed by atoms with Crippen LogP contribution in [0.15, 0.2) is 0 Å². The van der Waals surface area contributed by atoms with Crippen molar-refractivity contribution < 1.29 is 27.9 Å². The lowest BCUT2D eigenvalue weighted by Gasteiger charge is -2.25. The molecule has 1 rings (SSSR count). The maximum absolute atomic E-state index is 12.2. The zero-order chi connectivity index (χ0) is 12.5. The van der Waals surface area contributed by atoms with Crippen LogP contribution < -0.4 is 0 Å². The molecule has 1 amide bonds. The molecule has 7 heteroatoms. The van der Waals surface area contributed by atoms with Crippen molar-refractivity contribution in [3.8, 4) is 12.3 Å². The second-order valence-electron chi connectivity index (χ2n) is 3.32. The summed E-state index contributed by atoms with van der Waals surface area (Å²) in [5.41, 5.74) is 0. The van der Waals surface area contributed by atoms with E-state index in [9.17, 15) is 22.8 Å². The summed E-state index contributed by atoms with van der Waals surface area (Å²) in [5, 5.41) is 8.68. The maximum atomic E-state index is 12.2. The molecule has 0 radical (unpaired) electrons. The standard InChI is InChI=1S/C9H8F3NO3/c1-2-5-3-4-6(7(14)15)13(5)8(16)9(10,11)12/h1,5-6H,3-4H2,(H,14,15)/t5-,6-/m0/s1. The highest BCUT2D eigenvalue weighted by Crippen LogP contribution is 2.29. The minimum Gasteiger partial charge on any atom is -0.480 e. The van der Waals surface area contributed by atoms with Gasteiger partial charge in [0.2, 0.25) is 0 Å². The molecule has 0 aromatic heterocycles. The molecule has 16 heavy (non-hydrogen) atoms. The van der Waals surface area contributed by atoms with Crippen LogP contribution in [0.4, 0.5) is 13.2 Å². The van der Waals surface area contributed by atoms with E-state index in [0.29, 0.717) is 0 Å². The van der Waals surface area contributed by atoms with E-state index >= 15 is 0 Å². The van der Waals surface area contributed by atoms with Gasteiger partial charge in [-0.25, -0.2) is 4.79 Å². The van der Waals surface area contributed by atoms with Crippen LogP contribution in [0, 0.1) is 12.3 Å². The molecule has 0 unspecified atom stereocenters. The molecule has 1 fully saturated rings. The van der Waals surface area contributed by atoms with Crippen molar-refractivity contribution in [2.24, 2.45) is 0 Å². The number of rotatable bonds is 1. The van der Waals surface area contributed by atoms with Gasteiger partial charge in [-0.3, -0.25) is 4.79 Å². The third-order valence-electron chi connectivity index (χ3n) is 2.34. The Labute approximate surface area is 89.0 Å². The molecular weight excluding hydrogens is 227 g/mol. The lowest BCUT2D eigenvalue weighted by Crippen LogP contribution is -2.50. The average Bonchev–Trinajstić information content (AvgIpc) is 2.57. The molecule has 0 saturated carbocycles. The molecule has 1 N–H and O–H groups in total. The average molecular weight is 235 g/mol. The van der Waals surface area contributed by atoms with Gasteiger partial charge in [-0.2, -0.15) is 13.2 Å². The quantitative estimate of drug-likeness (QED) is 0.678. The third kappa shape index (κ3) is 2.10. The van der Waals surface area contributed by atoms with Crippen molar-refractivity contribution in [3.63, 3.8) is 0 Å². The Morgan fingerprint density at radius 2 is 1.94 bits per heavy atom. The van der Waals surface area contributed by atoms with Crippen LogP contribution in [0.3, 0.4) is 0 Å². The lowest BCUT2D eigenvalue weighted by atomic mass is 10.2. The molecule has 0 aromatic carbocycles. The molecular formula is C9H8F3NO3. The van der Waals surface area contributed by atoms with Gasteiger partial charge in [0, 0.05) is 0 Å². The van der Waals surface area contributed by atoms with Crippen LogP contribution in [-0.2, 0) is 9.59 Å². The van der Waals surface area contributed by atoms with E-state index in [-0.39, 0.29) is 17.7 Å². The molecule has 0 aromatic rings. The molecule has 1 saturated heterocycles. The molecule has 88 valence electrons. The predicted octanol–water partition coefficient (Wildman–Crippen LogP) is 0.626. The smallest absolute Gasteiger partial charge is 0.471 e. The first-order chi connectivity index (χ1) is 7.29. The number of carboxylic acid groups (broad SMARTS) is 1. The third-order valence-corrected chi connectivity index (χ3v) is 2.34. The van der Waals surface area contributed by atoms with E-state index in [0.717, 1.165) is 0 Å². The van der Waals surface area contributed by atoms with Crippen LogP contribution in [0.25, 0.3) is 0 Å². The highest BCUT2D eigenvalue weighted by molar-refractivity contribution is 5.88. The van der Waals surface area contributed by atoms with Crippen molar-refractivity contribution >= 4 is 11.9 Å². The van der Waals surface area contributed by atoms with Gasteiger partial charge in [-0.1, -0.05) is 5.92 Å². The maximum Gasteiger partial charge on any atom is 0.471 e. The number of terminal acetylenes is 1. The van der Waals surface area contributed by atoms with E-state index in [1.54, 1.807) is 0 Å². The van der Waals surface area contributed by atoms with Crippen molar-refractivity contribution in [2.45, 2.75) is 31.1 Å². The Morgan fingerprint density at radius 1 is 1.38 bits per heavy atom. The molecule has 1 heterocycles. The minimum atomic E-state index is -5.10. The summed E-state index contributed by atoms with van der Waals surface area (Å²) < 4.78 is 36.6. The summed E-state index contributed by atoms with van der Waals surface area (Å²) in [4.78, 5) is 21.9. The Kier molecular flexibility index (Phi) is 3.12. The normalized spacial score (nSPS) is 25.2. The fourth-order valence-electron chi connectivity index (χ4n) is 1.65. The van der Waals surface area contributed by atoms with Crippen LogP contribution in [0.5, 0.6) is 0 Å². The summed E-state index contributed by atoms with van der Waals surface area (Å²) in [7, 11) is 0. The number of hydrogen-bond donors (Lipinski definition) is 1. The highest BCUT2D eigenvalue weighted by atomic mass is 19.4. The fourth-order valence-corrected chi connectivity index (χ4v) is 1.65. The molecule has 0 bridgehead atoms. The number of alkyl halides is 3. The number of carbonyl (C=O) groups excluding carboxylic acids is 1. The molecule has 4 nitrogen and oxygen atoms in total. The first-order valence-corrected chi connectivity index (χ1v) is 4.37. The molecule has 2 atom stereocenters. The van der Waals surface area contributed by atoms with Gasteiger partial charge in [0.05, 0.1) is 6.04 Å². The highest BCUT2D eigenvalue weighted by Gasteiger charge is 2.50. The number of carboxylic acids is 1. The van der Waals surface area contributed by atoms with E-state index in [1.807, 2.05) is 5.92 Å². The van der Waals surface area contributed by atoms with Gasteiger partial charge in [0.15, 0.2) is 0 Å². The number of aliphatic carboxylic acids is 1. The topological polar surface area (TPSA) is 57.6 Å². The summed E-state index contributed by atoms with van der Waals surface area (Å²) in [6.07, 6.45) is -0.139. The fraction of sp³-hybridized carbons (Fsp3) is 0.556. The molecule has 1 aliphatic rings. The largest absolute Gasteiger partial charge is 0.480 e. The van der Waals surface area contributed by atoms with Crippen molar-refractivity contribution in [1.29, 1.82) is 0 Å². The number of halogens is 3. The summed E-state index contributed by atoms with van der Waals surface area (Å²) in [6.45, 7) is 0. The van der Waals surface area contributed by atoms with Gasteiger partial charge >= 0.3 is 18.1 Å². The Balaban J connectivity index is 3.00. The Morgan fingerprint density at radius 3 is 2.31 bits per heavy atom. The van der Waals surface area contributed by atoms with Crippen molar-refractivity contribution in [2.75, 3.05) is 0 Å². The van der Waals surface area contributed by atoms with E-state index in [1.165, 1.54) is 0 Å². The van der Waals surface area contributed by atoms with Crippen LogP contribution >= 0.6 is 0 Å². The first-order valence-electron chi connectivity index (χ1n) is 4.37. The lowest BCUT2D eigenvalue weighted by molar-refractivity contribution is -0.189. The number of hydrogen-bond acceptors (Lipinski definition) is 2. The van der Waals surface area contributed by atoms with Gasteiger partial charge in [0.25, 0.3) is 0 Å². The summed E-state index contributed by atoms with van der Waals surface area (Å²) in [6, 6.07) is -2.59. The number of amides is 1. The number of nitrogens with zero attached hydrogens (tertiary/aromatic N) is 1. The number of likely N-dealkylation sites (tertiary alicyclic amines) is 1. The van der Waals surface area contributed by atoms with Gasteiger partial charge in [-0.05, 0) is 12.8 Å². The van der Waals surface area contributed by atoms with E-state index in [4.69, 9.17) is 11.5 Å². The molecule has 1 aliphatic heterocycles. The first kappa shape index (κ1) is 12.4. The van der Waals surface area contributed by atoms with Crippen molar-refractivity contribution in [3.05, 3.63) is 0 Å². The molecule has 0 aliphatic carbocycles. The van der Waals surface area contributed by atoms with E-state index < -0.39 is 30.1 Å². The minimum absolute atomic E-state index is 0.0635. The Hall–Kier alpha value is -1.71. The van der Waals surface area contributed by atoms with Crippen LogP contribution in [-0.4, -0.2) is 40.1 Å². The van der Waals surface area contributed by atoms with Crippen LogP contribution in [0.1, 0.15) is 12.8 Å². The summed E-state index contributed by atoms with van der Waals surface area (Å²) in [5.74, 6) is -1.68. The molecule has 0 spiro atoms. The number of carbonyl (C=O) groups is 2. The second kappa shape index (κ2) is 4.04. The zero-order valence-electron chi connectivity index (χ0n) is 7.99. The second-order valence-corrected chi connectivity index (χ2v) is 3.32. The van der Waals surface area contributed by atoms with Crippen molar-refractivity contribution in [1.82, 2.24) is 4.90 Å².